The number of ether oxygens (including phenoxy) is 1. The van der Waals surface area contributed by atoms with Crippen LogP contribution in [-0.2, 0) is 10.9 Å². The standard InChI is InChI=1S/C13H17F3N2O/c14-13(15,16)12-2-1-10(8-18-12)11(7-17)9-3-5-19-6-4-9/h1-2,8-9,11H,3-7,17H2/t11-/m0/s1. The number of hydrogen-bond acceptors (Lipinski definition) is 3. The van der Waals surface area contributed by atoms with Crippen molar-refractivity contribution in [2.45, 2.75) is 24.9 Å². The van der Waals surface area contributed by atoms with E-state index in [9.17, 15) is 13.2 Å². The van der Waals surface area contributed by atoms with Gasteiger partial charge in [-0.3, -0.25) is 4.98 Å². The molecule has 2 N–H and O–H groups in total. The Morgan fingerprint density at radius 3 is 2.47 bits per heavy atom. The van der Waals surface area contributed by atoms with E-state index in [0.29, 0.717) is 25.7 Å². The molecule has 6 heteroatoms. The van der Waals surface area contributed by atoms with Gasteiger partial charge < -0.3 is 10.5 Å². The number of pyridine rings is 1. The minimum atomic E-state index is -4.39. The van der Waals surface area contributed by atoms with Crippen molar-refractivity contribution in [3.63, 3.8) is 0 Å². The van der Waals surface area contributed by atoms with Gasteiger partial charge in [0.25, 0.3) is 0 Å². The van der Waals surface area contributed by atoms with Crippen LogP contribution < -0.4 is 5.73 Å². The number of aromatic nitrogens is 1. The van der Waals surface area contributed by atoms with Gasteiger partial charge in [0.05, 0.1) is 0 Å². The Labute approximate surface area is 110 Å². The number of rotatable bonds is 3. The molecule has 0 aliphatic carbocycles. The highest BCUT2D eigenvalue weighted by molar-refractivity contribution is 5.21. The smallest absolute Gasteiger partial charge is 0.381 e. The van der Waals surface area contributed by atoms with Gasteiger partial charge in [-0.25, -0.2) is 0 Å². The molecule has 106 valence electrons. The van der Waals surface area contributed by atoms with E-state index >= 15 is 0 Å². The van der Waals surface area contributed by atoms with Gasteiger partial charge in [0.2, 0.25) is 0 Å². The molecule has 1 fully saturated rings. The topological polar surface area (TPSA) is 48.1 Å². The van der Waals surface area contributed by atoms with Crippen molar-refractivity contribution in [2.75, 3.05) is 19.8 Å². The fourth-order valence-electron chi connectivity index (χ4n) is 2.51. The first-order chi connectivity index (χ1) is 9.02. The van der Waals surface area contributed by atoms with Gasteiger partial charge in [-0.1, -0.05) is 6.07 Å². The van der Waals surface area contributed by atoms with E-state index < -0.39 is 11.9 Å². The molecule has 1 saturated heterocycles. The quantitative estimate of drug-likeness (QED) is 0.921. The van der Waals surface area contributed by atoms with Crippen LogP contribution in [0.15, 0.2) is 18.3 Å². The monoisotopic (exact) mass is 274 g/mol. The third kappa shape index (κ3) is 3.45. The molecule has 0 unspecified atom stereocenters. The van der Waals surface area contributed by atoms with Crippen LogP contribution in [0.3, 0.4) is 0 Å². The Hall–Kier alpha value is -1.14. The minimum Gasteiger partial charge on any atom is -0.381 e. The van der Waals surface area contributed by atoms with Gasteiger partial charge in [-0.15, -0.1) is 0 Å². The number of alkyl halides is 3. The van der Waals surface area contributed by atoms with E-state index in [4.69, 9.17) is 10.5 Å². The summed E-state index contributed by atoms with van der Waals surface area (Å²) < 4.78 is 42.6. The van der Waals surface area contributed by atoms with Crippen LogP contribution in [0.1, 0.15) is 30.0 Å². The Morgan fingerprint density at radius 2 is 2.00 bits per heavy atom. The van der Waals surface area contributed by atoms with Crippen molar-refractivity contribution >= 4 is 0 Å². The van der Waals surface area contributed by atoms with Crippen LogP contribution in [-0.4, -0.2) is 24.7 Å². The lowest BCUT2D eigenvalue weighted by molar-refractivity contribution is -0.141. The maximum Gasteiger partial charge on any atom is 0.433 e. The zero-order valence-corrected chi connectivity index (χ0v) is 10.5. The molecule has 0 radical (unpaired) electrons. The summed E-state index contributed by atoms with van der Waals surface area (Å²) >= 11 is 0. The lowest BCUT2D eigenvalue weighted by Gasteiger charge is -2.29. The molecule has 0 saturated carbocycles. The Morgan fingerprint density at radius 1 is 1.32 bits per heavy atom. The number of nitrogens with two attached hydrogens (primary N) is 1. The second kappa shape index (κ2) is 5.88. The van der Waals surface area contributed by atoms with Crippen LogP contribution in [0.4, 0.5) is 13.2 Å². The van der Waals surface area contributed by atoms with Crippen molar-refractivity contribution < 1.29 is 17.9 Å². The summed E-state index contributed by atoms with van der Waals surface area (Å²) in [6, 6.07) is 2.51. The van der Waals surface area contributed by atoms with Crippen molar-refractivity contribution in [1.29, 1.82) is 0 Å². The maximum absolute atomic E-state index is 12.5. The largest absolute Gasteiger partial charge is 0.433 e. The van der Waals surface area contributed by atoms with E-state index in [0.717, 1.165) is 24.5 Å². The predicted molar refractivity (Wildman–Crippen MR) is 64.6 cm³/mol. The molecule has 2 rings (SSSR count). The van der Waals surface area contributed by atoms with E-state index in [1.165, 1.54) is 12.3 Å². The van der Waals surface area contributed by atoms with E-state index in [1.54, 1.807) is 0 Å². The third-order valence-corrected chi connectivity index (χ3v) is 3.59. The molecular weight excluding hydrogens is 257 g/mol. The van der Waals surface area contributed by atoms with Gasteiger partial charge >= 0.3 is 6.18 Å². The second-order valence-electron chi connectivity index (χ2n) is 4.77. The third-order valence-electron chi connectivity index (χ3n) is 3.59. The fourth-order valence-corrected chi connectivity index (χ4v) is 2.51. The molecule has 3 nitrogen and oxygen atoms in total. The Kier molecular flexibility index (Phi) is 4.42. The van der Waals surface area contributed by atoms with Crippen LogP contribution >= 0.6 is 0 Å². The minimum absolute atomic E-state index is 0.0543. The van der Waals surface area contributed by atoms with Crippen LogP contribution in [0.2, 0.25) is 0 Å². The van der Waals surface area contributed by atoms with Crippen molar-refractivity contribution in [1.82, 2.24) is 4.98 Å². The van der Waals surface area contributed by atoms with Gasteiger partial charge in [0.1, 0.15) is 5.69 Å². The maximum atomic E-state index is 12.5. The van der Waals surface area contributed by atoms with Gasteiger partial charge in [-0.2, -0.15) is 13.2 Å². The highest BCUT2D eigenvalue weighted by atomic mass is 19.4. The zero-order chi connectivity index (χ0) is 13.9. The average molecular weight is 274 g/mol. The molecule has 0 spiro atoms. The molecular formula is C13H17F3N2O. The first kappa shape index (κ1) is 14.3. The molecule has 2 heterocycles. The molecule has 1 atom stereocenters. The lowest BCUT2D eigenvalue weighted by atomic mass is 9.82. The highest BCUT2D eigenvalue weighted by Gasteiger charge is 2.32. The van der Waals surface area contributed by atoms with Gasteiger partial charge in [0.15, 0.2) is 0 Å². The highest BCUT2D eigenvalue weighted by Crippen LogP contribution is 2.33. The molecule has 1 aromatic rings. The second-order valence-corrected chi connectivity index (χ2v) is 4.77. The average Bonchev–Trinajstić information content (AvgIpc) is 2.40. The summed E-state index contributed by atoms with van der Waals surface area (Å²) in [6.45, 7) is 1.79. The SMILES string of the molecule is NC[C@H](c1ccc(C(F)(F)F)nc1)C1CCOCC1. The Balaban J connectivity index is 2.14. The fraction of sp³-hybridized carbons (Fsp3) is 0.615. The normalized spacial score (nSPS) is 19.4. The first-order valence-electron chi connectivity index (χ1n) is 6.33. The summed E-state index contributed by atoms with van der Waals surface area (Å²) in [5, 5.41) is 0. The molecule has 0 aromatic carbocycles. The summed E-state index contributed by atoms with van der Waals surface area (Å²) in [6.07, 6.45) is -1.31. The molecule has 1 aromatic heterocycles. The molecule has 1 aliphatic heterocycles. The Bertz CT molecular complexity index is 399. The molecule has 0 amide bonds. The van der Waals surface area contributed by atoms with E-state index in [-0.39, 0.29) is 5.92 Å². The molecule has 19 heavy (non-hydrogen) atoms. The number of nitrogens with zero attached hydrogens (tertiary/aromatic N) is 1. The summed E-state index contributed by atoms with van der Waals surface area (Å²) in [4.78, 5) is 3.50. The van der Waals surface area contributed by atoms with Crippen LogP contribution in [0.25, 0.3) is 0 Å². The summed E-state index contributed by atoms with van der Waals surface area (Å²) in [7, 11) is 0. The zero-order valence-electron chi connectivity index (χ0n) is 10.5. The van der Waals surface area contributed by atoms with Gasteiger partial charge in [0, 0.05) is 25.3 Å². The first-order valence-corrected chi connectivity index (χ1v) is 6.33. The summed E-state index contributed by atoms with van der Waals surface area (Å²) in [5.74, 6) is 0.413. The van der Waals surface area contributed by atoms with E-state index in [1.807, 2.05) is 0 Å². The van der Waals surface area contributed by atoms with Crippen molar-refractivity contribution in [3.8, 4) is 0 Å². The van der Waals surface area contributed by atoms with E-state index in [2.05, 4.69) is 4.98 Å². The van der Waals surface area contributed by atoms with Gasteiger partial charge in [-0.05, 0) is 36.9 Å². The van der Waals surface area contributed by atoms with Crippen LogP contribution in [0.5, 0.6) is 0 Å². The van der Waals surface area contributed by atoms with Crippen molar-refractivity contribution in [3.05, 3.63) is 29.6 Å². The number of halogens is 3. The predicted octanol–water partition coefficient (Wildman–Crippen LogP) is 2.57. The van der Waals surface area contributed by atoms with Crippen molar-refractivity contribution in [2.24, 2.45) is 11.7 Å². The molecule has 1 aliphatic rings. The van der Waals surface area contributed by atoms with Crippen LogP contribution in [0, 0.1) is 5.92 Å². The molecule has 0 bridgehead atoms. The summed E-state index contributed by atoms with van der Waals surface area (Å²) in [5.41, 5.74) is 5.69. The lowest BCUT2D eigenvalue weighted by Crippen LogP contribution is -2.27. The number of hydrogen-bond donors (Lipinski definition) is 1.